The number of H-pyrrole nitrogens is 1. The van der Waals surface area contributed by atoms with Crippen LogP contribution < -0.4 is 25.4 Å². The van der Waals surface area contributed by atoms with Crippen LogP contribution in [0.4, 0.5) is 5.69 Å². The number of benzene rings is 2. The Balaban J connectivity index is 0.964. The van der Waals surface area contributed by atoms with E-state index in [-0.39, 0.29) is 50.9 Å². The van der Waals surface area contributed by atoms with E-state index in [4.69, 9.17) is 14.2 Å². The van der Waals surface area contributed by atoms with Crippen LogP contribution in [0.2, 0.25) is 0 Å². The standard InChI is InChI=1S/C42H48N8O8S/c1-25-37(59-24-44-25)27-11-9-26(10-12-27)21-43-40(54)34-19-28(51)22-50(34)41(55)38(42(2,3)4)48-36(52)23-57-17-18-58-29-13-14-32(35(20-29)56-5)47-39(53)33-8-6-7-30(46-33)31-15-16-45-49-31/h6-16,20,24,28,34,38,51H,17-19,21-23H2,1-5H3,(H,43,54)(H,45,49)(H,47,53)(H,48,52)/t28-,34+,38?/m1/s1. The minimum Gasteiger partial charge on any atom is -0.494 e. The van der Waals surface area contributed by atoms with E-state index in [1.807, 2.05) is 52.0 Å². The number of aryl methyl sites for hydroxylation is 1. The molecule has 59 heavy (non-hydrogen) atoms. The minimum absolute atomic E-state index is 0.0358. The number of β-amino-alcohol motifs (C(OH)–C–C–N with tert-alkyl or cyclic N) is 1. The number of likely N-dealkylation sites (tertiary alicyclic amines) is 1. The summed E-state index contributed by atoms with van der Waals surface area (Å²) in [7, 11) is 1.47. The first-order chi connectivity index (χ1) is 28.3. The van der Waals surface area contributed by atoms with Crippen LogP contribution in [0.5, 0.6) is 11.5 Å². The van der Waals surface area contributed by atoms with Crippen molar-refractivity contribution >= 4 is 40.7 Å². The van der Waals surface area contributed by atoms with E-state index < -0.39 is 41.3 Å². The number of methoxy groups -OCH3 is 1. The molecular weight excluding hydrogens is 777 g/mol. The van der Waals surface area contributed by atoms with Crippen LogP contribution in [-0.4, -0.2) is 105 Å². The summed E-state index contributed by atoms with van der Waals surface area (Å²) in [5, 5.41) is 25.9. The third-order valence-electron chi connectivity index (χ3n) is 9.61. The maximum Gasteiger partial charge on any atom is 0.274 e. The van der Waals surface area contributed by atoms with E-state index in [9.17, 15) is 24.3 Å². The van der Waals surface area contributed by atoms with Gasteiger partial charge < -0.3 is 40.2 Å². The molecular formula is C42H48N8O8S. The van der Waals surface area contributed by atoms with Gasteiger partial charge in [-0.3, -0.25) is 24.3 Å². The molecule has 6 rings (SSSR count). The average molecular weight is 825 g/mol. The van der Waals surface area contributed by atoms with E-state index >= 15 is 0 Å². The molecule has 0 saturated carbocycles. The molecule has 1 unspecified atom stereocenters. The second kappa shape index (κ2) is 19.1. The summed E-state index contributed by atoms with van der Waals surface area (Å²) in [4.78, 5) is 64.5. The van der Waals surface area contributed by atoms with Crippen molar-refractivity contribution in [2.24, 2.45) is 5.41 Å². The zero-order chi connectivity index (χ0) is 42.1. The first-order valence-corrected chi connectivity index (χ1v) is 19.9. The first kappa shape index (κ1) is 42.4. The average Bonchev–Trinajstić information content (AvgIpc) is 4.01. The van der Waals surface area contributed by atoms with Gasteiger partial charge in [0, 0.05) is 31.8 Å². The highest BCUT2D eigenvalue weighted by molar-refractivity contribution is 7.13. The van der Waals surface area contributed by atoms with Gasteiger partial charge in [-0.25, -0.2) is 9.97 Å². The van der Waals surface area contributed by atoms with Gasteiger partial charge in [-0.15, -0.1) is 11.3 Å². The number of nitrogens with one attached hydrogen (secondary N) is 4. The number of amides is 4. The summed E-state index contributed by atoms with van der Waals surface area (Å²) < 4.78 is 16.8. The second-order valence-corrected chi connectivity index (χ2v) is 15.9. The Kier molecular flexibility index (Phi) is 13.7. The fraction of sp³-hybridized carbons (Fsp3) is 0.357. The Bertz CT molecular complexity index is 2240. The molecule has 3 aromatic heterocycles. The zero-order valence-electron chi connectivity index (χ0n) is 33.5. The summed E-state index contributed by atoms with van der Waals surface area (Å²) >= 11 is 1.57. The van der Waals surface area contributed by atoms with E-state index in [0.717, 1.165) is 21.7 Å². The Morgan fingerprint density at radius 2 is 1.83 bits per heavy atom. The van der Waals surface area contributed by atoms with Gasteiger partial charge in [0.15, 0.2) is 0 Å². The van der Waals surface area contributed by atoms with Crippen LogP contribution in [0.1, 0.15) is 48.9 Å². The molecule has 5 aromatic rings. The molecule has 1 aliphatic rings. The quantitative estimate of drug-likeness (QED) is 0.0883. The molecule has 2 aromatic carbocycles. The molecule has 16 nitrogen and oxygen atoms in total. The van der Waals surface area contributed by atoms with Crippen molar-refractivity contribution in [2.75, 3.05) is 38.8 Å². The summed E-state index contributed by atoms with van der Waals surface area (Å²) in [6, 6.07) is 17.7. The predicted molar refractivity (Wildman–Crippen MR) is 221 cm³/mol. The first-order valence-electron chi connectivity index (χ1n) is 19.0. The molecule has 0 spiro atoms. The summed E-state index contributed by atoms with van der Waals surface area (Å²) in [6.07, 6.45) is 0.863. The number of hydrogen-bond acceptors (Lipinski definition) is 12. The largest absolute Gasteiger partial charge is 0.494 e. The maximum atomic E-state index is 14.0. The second-order valence-electron chi connectivity index (χ2n) is 15.0. The van der Waals surface area contributed by atoms with Gasteiger partial charge in [-0.1, -0.05) is 51.1 Å². The van der Waals surface area contributed by atoms with Crippen LogP contribution in [0, 0.1) is 12.3 Å². The highest BCUT2D eigenvalue weighted by Crippen LogP contribution is 2.31. The molecule has 4 amide bonds. The molecule has 310 valence electrons. The van der Waals surface area contributed by atoms with Gasteiger partial charge >= 0.3 is 0 Å². The minimum atomic E-state index is -1.000. The number of anilines is 1. The molecule has 1 saturated heterocycles. The van der Waals surface area contributed by atoms with Crippen molar-refractivity contribution in [3.63, 3.8) is 0 Å². The van der Waals surface area contributed by atoms with Gasteiger partial charge in [-0.2, -0.15) is 5.10 Å². The zero-order valence-corrected chi connectivity index (χ0v) is 34.3. The van der Waals surface area contributed by atoms with E-state index in [1.54, 1.807) is 65.5 Å². The third-order valence-corrected chi connectivity index (χ3v) is 10.6. The van der Waals surface area contributed by atoms with Crippen molar-refractivity contribution < 1.29 is 38.5 Å². The number of aliphatic hydroxyl groups is 1. The monoisotopic (exact) mass is 824 g/mol. The SMILES string of the molecule is COc1cc(OCCOCC(=O)NC(C(=O)N2C[C@H](O)C[C@H]2C(=O)NCc2ccc(-c3scnc3C)cc2)C(C)(C)C)ccc1NC(=O)c1cccc(-c2cc[nH]n2)n1. The molecule has 0 radical (unpaired) electrons. The molecule has 3 atom stereocenters. The normalized spacial score (nSPS) is 15.7. The van der Waals surface area contributed by atoms with Crippen LogP contribution in [0.3, 0.4) is 0 Å². The van der Waals surface area contributed by atoms with Crippen LogP contribution in [0.15, 0.2) is 78.4 Å². The van der Waals surface area contributed by atoms with Crippen molar-refractivity contribution in [1.29, 1.82) is 0 Å². The van der Waals surface area contributed by atoms with Gasteiger partial charge in [0.1, 0.15) is 48.2 Å². The predicted octanol–water partition coefficient (Wildman–Crippen LogP) is 4.37. The van der Waals surface area contributed by atoms with Gasteiger partial charge in [0.2, 0.25) is 17.7 Å². The number of aliphatic hydroxyl groups excluding tert-OH is 1. The number of carbonyl (C=O) groups is 4. The number of nitrogens with zero attached hydrogens (tertiary/aromatic N) is 4. The number of carbonyl (C=O) groups excluding carboxylic acids is 4. The number of aromatic nitrogens is 4. The molecule has 1 aliphatic heterocycles. The maximum absolute atomic E-state index is 14.0. The lowest BCUT2D eigenvalue weighted by molar-refractivity contribution is -0.144. The van der Waals surface area contributed by atoms with Crippen molar-refractivity contribution in [2.45, 2.75) is 58.8 Å². The smallest absolute Gasteiger partial charge is 0.274 e. The van der Waals surface area contributed by atoms with Crippen LogP contribution in [-0.2, 0) is 25.7 Å². The molecule has 0 bridgehead atoms. The van der Waals surface area contributed by atoms with E-state index in [1.165, 1.54) is 12.0 Å². The Hall–Kier alpha value is -6.17. The molecule has 5 N–H and O–H groups in total. The summed E-state index contributed by atoms with van der Waals surface area (Å²) in [6.45, 7) is 7.39. The topological polar surface area (TPSA) is 210 Å². The fourth-order valence-electron chi connectivity index (χ4n) is 6.52. The van der Waals surface area contributed by atoms with Crippen molar-refractivity contribution in [3.8, 4) is 33.3 Å². The number of rotatable bonds is 16. The Morgan fingerprint density at radius 3 is 2.53 bits per heavy atom. The van der Waals surface area contributed by atoms with Gasteiger partial charge in [-0.05, 0) is 53.8 Å². The molecule has 1 fully saturated rings. The van der Waals surface area contributed by atoms with Crippen LogP contribution in [0.25, 0.3) is 21.8 Å². The lowest BCUT2D eigenvalue weighted by atomic mass is 9.85. The number of pyridine rings is 1. The number of ether oxygens (including phenoxy) is 3. The van der Waals surface area contributed by atoms with Gasteiger partial charge in [0.05, 0.1) is 47.3 Å². The molecule has 4 heterocycles. The van der Waals surface area contributed by atoms with Crippen molar-refractivity contribution in [3.05, 3.63) is 95.4 Å². The highest BCUT2D eigenvalue weighted by Gasteiger charge is 2.44. The number of aromatic amines is 1. The highest BCUT2D eigenvalue weighted by atomic mass is 32.1. The fourth-order valence-corrected chi connectivity index (χ4v) is 7.34. The van der Waals surface area contributed by atoms with Crippen LogP contribution >= 0.6 is 11.3 Å². The Labute approximate surface area is 345 Å². The third kappa shape index (κ3) is 10.9. The number of thiazole rings is 1. The Morgan fingerprint density at radius 1 is 1.03 bits per heavy atom. The summed E-state index contributed by atoms with van der Waals surface area (Å²) in [5.41, 5.74) is 5.73. The lowest BCUT2D eigenvalue weighted by Crippen LogP contribution is -2.58. The van der Waals surface area contributed by atoms with E-state index in [2.05, 4.69) is 36.1 Å². The number of hydrogen-bond donors (Lipinski definition) is 5. The van der Waals surface area contributed by atoms with Crippen molar-refractivity contribution in [1.82, 2.24) is 35.7 Å². The molecule has 0 aliphatic carbocycles. The van der Waals surface area contributed by atoms with E-state index in [0.29, 0.717) is 28.6 Å². The molecule has 17 heteroatoms. The van der Waals surface area contributed by atoms with Gasteiger partial charge in [0.25, 0.3) is 5.91 Å². The summed E-state index contributed by atoms with van der Waals surface area (Å²) in [5.74, 6) is -1.02. The lowest BCUT2D eigenvalue weighted by Gasteiger charge is -2.35.